The van der Waals surface area contributed by atoms with Gasteiger partial charge in [0.25, 0.3) is 0 Å². The fourth-order valence-corrected chi connectivity index (χ4v) is 2.99. The van der Waals surface area contributed by atoms with Crippen molar-refractivity contribution < 1.29 is 4.79 Å². The Morgan fingerprint density at radius 3 is 2.58 bits per heavy atom. The summed E-state index contributed by atoms with van der Waals surface area (Å²) in [7, 11) is 0. The minimum absolute atomic E-state index is 0.0613. The molecule has 2 rings (SSSR count). The van der Waals surface area contributed by atoms with Gasteiger partial charge < -0.3 is 10.2 Å². The van der Waals surface area contributed by atoms with Gasteiger partial charge in [0.1, 0.15) is 0 Å². The third-order valence-corrected chi connectivity index (χ3v) is 4.72. The van der Waals surface area contributed by atoms with Crippen molar-refractivity contribution >= 4 is 11.6 Å². The lowest BCUT2D eigenvalue weighted by Crippen LogP contribution is -2.48. The topological polar surface area (TPSA) is 59.4 Å². The molecular weight excluding hydrogens is 300 g/mol. The number of amides is 1. The Kier molecular flexibility index (Phi) is 7.23. The first kappa shape index (κ1) is 18.4. The number of nitrogens with zero attached hydrogens (tertiary/aromatic N) is 3. The van der Waals surface area contributed by atoms with Gasteiger partial charge in [-0.1, -0.05) is 12.1 Å². The number of hydrogen-bond donors (Lipinski definition) is 1. The Morgan fingerprint density at radius 1 is 1.17 bits per heavy atom. The number of rotatable bonds is 7. The van der Waals surface area contributed by atoms with E-state index in [1.807, 2.05) is 19.1 Å². The van der Waals surface area contributed by atoms with E-state index in [9.17, 15) is 4.79 Å². The highest BCUT2D eigenvalue weighted by Gasteiger charge is 2.18. The van der Waals surface area contributed by atoms with Crippen molar-refractivity contribution in [2.24, 2.45) is 0 Å². The van der Waals surface area contributed by atoms with Crippen LogP contribution in [0.3, 0.4) is 0 Å². The molecule has 1 aromatic rings. The van der Waals surface area contributed by atoms with Gasteiger partial charge in [0, 0.05) is 38.3 Å². The van der Waals surface area contributed by atoms with Crippen molar-refractivity contribution in [3.8, 4) is 6.07 Å². The number of unbranched alkanes of at least 4 members (excludes halogenated alkanes) is 2. The predicted octanol–water partition coefficient (Wildman–Crippen LogP) is 2.55. The summed E-state index contributed by atoms with van der Waals surface area (Å²) in [6.07, 6.45) is 2.72. The number of anilines is 1. The highest BCUT2D eigenvalue weighted by atomic mass is 16.2. The molecule has 130 valence electrons. The van der Waals surface area contributed by atoms with Crippen LogP contribution in [0.5, 0.6) is 0 Å². The van der Waals surface area contributed by atoms with Gasteiger partial charge in [-0.3, -0.25) is 9.69 Å². The smallest absolute Gasteiger partial charge is 0.238 e. The van der Waals surface area contributed by atoms with Gasteiger partial charge in [0.05, 0.1) is 12.6 Å². The maximum absolute atomic E-state index is 12.3. The first-order valence-corrected chi connectivity index (χ1v) is 8.78. The van der Waals surface area contributed by atoms with E-state index in [-0.39, 0.29) is 5.91 Å². The lowest BCUT2D eigenvalue weighted by Gasteiger charge is -2.34. The number of nitriles is 1. The molecule has 1 saturated heterocycles. The van der Waals surface area contributed by atoms with Crippen LogP contribution >= 0.6 is 0 Å². The van der Waals surface area contributed by atoms with Crippen molar-refractivity contribution in [3.05, 3.63) is 29.3 Å². The third kappa shape index (κ3) is 5.63. The molecule has 0 saturated carbocycles. The first-order valence-electron chi connectivity index (χ1n) is 8.78. The molecule has 0 unspecified atom stereocenters. The van der Waals surface area contributed by atoms with Crippen molar-refractivity contribution in [2.75, 3.05) is 44.6 Å². The molecule has 0 atom stereocenters. The second-order valence-electron chi connectivity index (χ2n) is 6.53. The van der Waals surface area contributed by atoms with E-state index in [4.69, 9.17) is 5.26 Å². The van der Waals surface area contributed by atoms with E-state index >= 15 is 0 Å². The summed E-state index contributed by atoms with van der Waals surface area (Å²) in [4.78, 5) is 16.9. The zero-order chi connectivity index (χ0) is 17.4. The molecule has 1 aliphatic heterocycles. The predicted molar refractivity (Wildman–Crippen MR) is 96.9 cm³/mol. The second-order valence-corrected chi connectivity index (χ2v) is 6.53. The van der Waals surface area contributed by atoms with Crippen molar-refractivity contribution in [1.82, 2.24) is 9.80 Å². The van der Waals surface area contributed by atoms with E-state index < -0.39 is 0 Å². The second kappa shape index (κ2) is 9.41. The quantitative estimate of drug-likeness (QED) is 0.782. The van der Waals surface area contributed by atoms with Crippen LogP contribution in [0.4, 0.5) is 5.69 Å². The summed E-state index contributed by atoms with van der Waals surface area (Å²) in [6, 6.07) is 8.18. The van der Waals surface area contributed by atoms with E-state index in [0.717, 1.165) is 56.8 Å². The summed E-state index contributed by atoms with van der Waals surface area (Å²) in [6.45, 7) is 9.47. The van der Waals surface area contributed by atoms with Crippen LogP contribution < -0.4 is 5.32 Å². The van der Waals surface area contributed by atoms with Gasteiger partial charge in [-0.2, -0.15) is 5.26 Å². The number of carbonyl (C=O) groups excluding carboxylic acids is 1. The van der Waals surface area contributed by atoms with Crippen LogP contribution in [0.25, 0.3) is 0 Å². The van der Waals surface area contributed by atoms with Gasteiger partial charge in [0.2, 0.25) is 5.91 Å². The van der Waals surface area contributed by atoms with Crippen molar-refractivity contribution in [3.63, 3.8) is 0 Å². The van der Waals surface area contributed by atoms with Crippen LogP contribution in [0.2, 0.25) is 0 Å². The molecule has 0 radical (unpaired) electrons. The number of aryl methyl sites for hydroxylation is 1. The van der Waals surface area contributed by atoms with Gasteiger partial charge in [-0.05, 0) is 50.4 Å². The van der Waals surface area contributed by atoms with Crippen LogP contribution in [-0.4, -0.2) is 55.0 Å². The Morgan fingerprint density at radius 2 is 1.88 bits per heavy atom. The molecule has 1 heterocycles. The molecule has 24 heavy (non-hydrogen) atoms. The maximum atomic E-state index is 12.3. The molecule has 0 spiro atoms. The fraction of sp³-hybridized carbons (Fsp3) is 0.579. The minimum Gasteiger partial charge on any atom is -0.325 e. The van der Waals surface area contributed by atoms with Crippen LogP contribution in [0.1, 0.15) is 30.4 Å². The molecule has 5 heteroatoms. The summed E-state index contributed by atoms with van der Waals surface area (Å²) < 4.78 is 0. The zero-order valence-corrected chi connectivity index (χ0v) is 14.8. The minimum atomic E-state index is 0.0613. The standard InChI is InChI=1S/C19H28N4O/c1-16-7-6-8-18(17(16)2)21-19(24)15-23-13-11-22(12-14-23)10-5-3-4-9-20/h6-8H,3-5,10-15H2,1-2H3,(H,21,24). The number of piperazine rings is 1. The van der Waals surface area contributed by atoms with Crippen molar-refractivity contribution in [1.29, 1.82) is 5.26 Å². The molecule has 1 aliphatic rings. The van der Waals surface area contributed by atoms with E-state index in [1.54, 1.807) is 0 Å². The van der Waals surface area contributed by atoms with Gasteiger partial charge in [-0.25, -0.2) is 0 Å². The monoisotopic (exact) mass is 328 g/mol. The summed E-state index contributed by atoms with van der Waals surface area (Å²) >= 11 is 0. The molecule has 1 N–H and O–H groups in total. The largest absolute Gasteiger partial charge is 0.325 e. The Balaban J connectivity index is 1.70. The Hall–Kier alpha value is -1.90. The average molecular weight is 328 g/mol. The number of benzene rings is 1. The molecule has 1 aromatic carbocycles. The summed E-state index contributed by atoms with van der Waals surface area (Å²) in [5, 5.41) is 11.6. The molecular formula is C19H28N4O. The van der Waals surface area contributed by atoms with Crippen LogP contribution in [-0.2, 0) is 4.79 Å². The third-order valence-electron chi connectivity index (χ3n) is 4.72. The zero-order valence-electron chi connectivity index (χ0n) is 14.8. The molecule has 5 nitrogen and oxygen atoms in total. The number of hydrogen-bond acceptors (Lipinski definition) is 4. The van der Waals surface area contributed by atoms with Gasteiger partial charge in [0.15, 0.2) is 0 Å². The molecule has 1 fully saturated rings. The van der Waals surface area contributed by atoms with Gasteiger partial charge >= 0.3 is 0 Å². The highest BCUT2D eigenvalue weighted by Crippen LogP contribution is 2.17. The Labute approximate surface area is 145 Å². The molecule has 0 aliphatic carbocycles. The lowest BCUT2D eigenvalue weighted by molar-refractivity contribution is -0.117. The van der Waals surface area contributed by atoms with E-state index in [1.165, 1.54) is 5.56 Å². The van der Waals surface area contributed by atoms with E-state index in [2.05, 4.69) is 34.2 Å². The SMILES string of the molecule is Cc1cccc(NC(=O)CN2CCN(CCCCC#N)CC2)c1C. The number of nitrogens with one attached hydrogen (secondary N) is 1. The Bertz CT molecular complexity index is 586. The molecule has 0 bridgehead atoms. The van der Waals surface area contributed by atoms with Gasteiger partial charge in [-0.15, -0.1) is 0 Å². The highest BCUT2D eigenvalue weighted by molar-refractivity contribution is 5.93. The van der Waals surface area contributed by atoms with Crippen LogP contribution in [0.15, 0.2) is 18.2 Å². The van der Waals surface area contributed by atoms with Crippen molar-refractivity contribution in [2.45, 2.75) is 33.1 Å². The maximum Gasteiger partial charge on any atom is 0.238 e. The summed E-state index contributed by atoms with van der Waals surface area (Å²) in [5.74, 6) is 0.0613. The molecule has 1 amide bonds. The average Bonchev–Trinajstić information content (AvgIpc) is 2.57. The number of carbonyl (C=O) groups is 1. The normalized spacial score (nSPS) is 15.9. The lowest BCUT2D eigenvalue weighted by atomic mass is 10.1. The fourth-order valence-electron chi connectivity index (χ4n) is 2.99. The first-order chi connectivity index (χ1) is 11.6. The summed E-state index contributed by atoms with van der Waals surface area (Å²) in [5.41, 5.74) is 3.24. The molecule has 0 aromatic heterocycles. The van der Waals surface area contributed by atoms with Crippen LogP contribution in [0, 0.1) is 25.2 Å². The van der Waals surface area contributed by atoms with E-state index in [0.29, 0.717) is 13.0 Å².